The van der Waals surface area contributed by atoms with Crippen LogP contribution in [-0.4, -0.2) is 49.9 Å². The van der Waals surface area contributed by atoms with Crippen molar-refractivity contribution in [2.24, 2.45) is 4.99 Å². The quantitative estimate of drug-likeness (QED) is 0.205. The zero-order valence-corrected chi connectivity index (χ0v) is 24.9. The van der Waals surface area contributed by atoms with Crippen molar-refractivity contribution in [2.75, 3.05) is 30.4 Å². The summed E-state index contributed by atoms with van der Waals surface area (Å²) in [5.41, 5.74) is 11.2. The number of aliphatic imine (C=N–C) groups is 1. The number of fused-ring (bicyclic) bond motifs is 5. The molecule has 0 saturated carbocycles. The largest absolute Gasteiger partial charge is 0.398 e. The Morgan fingerprint density at radius 3 is 2.52 bits per heavy atom. The van der Waals surface area contributed by atoms with E-state index in [0.29, 0.717) is 41.0 Å². The molecular weight excluding hydrogens is 586 g/mol. The summed E-state index contributed by atoms with van der Waals surface area (Å²) in [5.74, 6) is -1.34. The van der Waals surface area contributed by atoms with Gasteiger partial charge in [-0.25, -0.2) is 27.2 Å². The molecule has 1 amide bonds. The number of pyridine rings is 1. The number of rotatable bonds is 6. The van der Waals surface area contributed by atoms with E-state index < -0.39 is 21.7 Å². The minimum atomic E-state index is -3.74. The van der Waals surface area contributed by atoms with Crippen molar-refractivity contribution in [1.82, 2.24) is 14.9 Å². The molecule has 5 aromatic rings. The van der Waals surface area contributed by atoms with E-state index >= 15 is 0 Å². The molecule has 12 heteroatoms. The Kier molecular flexibility index (Phi) is 7.16. The van der Waals surface area contributed by atoms with E-state index in [0.717, 1.165) is 27.3 Å². The summed E-state index contributed by atoms with van der Waals surface area (Å²) in [6.07, 6.45) is 1.74. The molecule has 2 aromatic heterocycles. The SMILES string of the molecule is CNC(=O)C(=Nc1ccc(F)cc1)c1cc(-c2ccc3c(n2)-c2cc4c(F)cccc4n2CC3)c(N(C)S(C)(=O)=O)cc1N. The van der Waals surface area contributed by atoms with Crippen LogP contribution in [0.2, 0.25) is 0 Å². The fourth-order valence-electron chi connectivity index (χ4n) is 5.43. The number of hydrogen-bond donors (Lipinski definition) is 2. The third-order valence-corrected chi connectivity index (χ3v) is 8.96. The first-order valence-electron chi connectivity index (χ1n) is 13.7. The molecule has 0 bridgehead atoms. The molecule has 1 aliphatic rings. The minimum Gasteiger partial charge on any atom is -0.398 e. The molecule has 3 heterocycles. The van der Waals surface area contributed by atoms with E-state index in [1.807, 2.05) is 16.7 Å². The summed E-state index contributed by atoms with van der Waals surface area (Å²) >= 11 is 0. The second kappa shape index (κ2) is 10.9. The number of carbonyl (C=O) groups is 1. The van der Waals surface area contributed by atoms with Gasteiger partial charge in [-0.15, -0.1) is 0 Å². The van der Waals surface area contributed by atoms with Crippen LogP contribution in [0.5, 0.6) is 0 Å². The maximum atomic E-state index is 14.7. The number of benzene rings is 3. The molecule has 0 aliphatic carbocycles. The van der Waals surface area contributed by atoms with Crippen molar-refractivity contribution in [1.29, 1.82) is 0 Å². The molecule has 0 atom stereocenters. The van der Waals surface area contributed by atoms with Crippen molar-refractivity contribution >= 4 is 49.6 Å². The van der Waals surface area contributed by atoms with Gasteiger partial charge in [0.1, 0.15) is 17.3 Å². The van der Waals surface area contributed by atoms with Gasteiger partial charge in [0.25, 0.3) is 5.91 Å². The first-order valence-corrected chi connectivity index (χ1v) is 15.5. The summed E-state index contributed by atoms with van der Waals surface area (Å²) < 4.78 is 56.8. The Balaban J connectivity index is 1.59. The number of hydrogen-bond acceptors (Lipinski definition) is 6. The average molecular weight is 615 g/mol. The molecule has 0 spiro atoms. The van der Waals surface area contributed by atoms with Crippen LogP contribution in [0.15, 0.2) is 77.8 Å². The number of halogens is 2. The Morgan fingerprint density at radius 2 is 1.82 bits per heavy atom. The van der Waals surface area contributed by atoms with Crippen LogP contribution in [0.4, 0.5) is 25.8 Å². The van der Waals surface area contributed by atoms with Gasteiger partial charge in [0, 0.05) is 42.8 Å². The van der Waals surface area contributed by atoms with Crippen molar-refractivity contribution in [3.05, 3.63) is 95.6 Å². The van der Waals surface area contributed by atoms with Gasteiger partial charge in [0.15, 0.2) is 0 Å². The lowest BCUT2D eigenvalue weighted by Gasteiger charge is -2.24. The van der Waals surface area contributed by atoms with Gasteiger partial charge >= 0.3 is 0 Å². The van der Waals surface area contributed by atoms with E-state index in [1.54, 1.807) is 24.3 Å². The summed E-state index contributed by atoms with van der Waals surface area (Å²) in [6.45, 7) is 0.653. The fourth-order valence-corrected chi connectivity index (χ4v) is 5.94. The van der Waals surface area contributed by atoms with Crippen LogP contribution in [0.3, 0.4) is 0 Å². The number of nitrogens with one attached hydrogen (secondary N) is 1. The molecule has 1 aliphatic heterocycles. The van der Waals surface area contributed by atoms with E-state index in [2.05, 4.69) is 10.3 Å². The van der Waals surface area contributed by atoms with E-state index in [9.17, 15) is 22.0 Å². The second-order valence-corrected chi connectivity index (χ2v) is 12.5. The van der Waals surface area contributed by atoms with E-state index in [4.69, 9.17) is 10.7 Å². The lowest BCUT2D eigenvalue weighted by Crippen LogP contribution is -2.30. The zero-order valence-electron chi connectivity index (χ0n) is 24.1. The van der Waals surface area contributed by atoms with Gasteiger partial charge in [0.05, 0.1) is 40.2 Å². The second-order valence-electron chi connectivity index (χ2n) is 10.5. The summed E-state index contributed by atoms with van der Waals surface area (Å²) in [7, 11) is -0.895. The van der Waals surface area contributed by atoms with Crippen LogP contribution < -0.4 is 15.4 Å². The first-order chi connectivity index (χ1) is 21.0. The zero-order chi connectivity index (χ0) is 31.3. The van der Waals surface area contributed by atoms with Crippen LogP contribution in [0, 0.1) is 11.6 Å². The standard InChI is InChI=1S/C32H28F2N6O3S/c1-36-32(41)31(37-20-10-8-19(33)9-11-20)22-15-23(28(17-25(22)35)39(2)44(3,42)43)26-12-7-18-13-14-40-27-6-4-5-24(34)21(27)16-29(40)30(18)38-26/h4-12,15-17H,13-14,35H2,1-3H3,(H,36,41). The highest BCUT2D eigenvalue weighted by atomic mass is 32.2. The number of likely N-dealkylation sites (N-methyl/N-ethyl adjacent to an activating group) is 1. The highest BCUT2D eigenvalue weighted by Crippen LogP contribution is 2.39. The van der Waals surface area contributed by atoms with Crippen molar-refractivity contribution in [2.45, 2.75) is 13.0 Å². The molecule has 6 rings (SSSR count). The average Bonchev–Trinajstić information content (AvgIpc) is 3.40. The summed E-state index contributed by atoms with van der Waals surface area (Å²) in [5, 5.41) is 3.05. The van der Waals surface area contributed by atoms with Crippen LogP contribution in [-0.2, 0) is 27.8 Å². The number of amides is 1. The predicted octanol–water partition coefficient (Wildman–Crippen LogP) is 5.05. The molecule has 0 unspecified atom stereocenters. The van der Waals surface area contributed by atoms with Crippen LogP contribution in [0.1, 0.15) is 11.1 Å². The third kappa shape index (κ3) is 5.06. The van der Waals surface area contributed by atoms with E-state index in [-0.39, 0.29) is 28.5 Å². The number of anilines is 2. The Hall–Kier alpha value is -5.10. The monoisotopic (exact) mass is 614 g/mol. The lowest BCUT2D eigenvalue weighted by molar-refractivity contribution is -0.114. The van der Waals surface area contributed by atoms with Gasteiger partial charge in [-0.3, -0.25) is 9.10 Å². The Labute approximate surface area is 252 Å². The minimum absolute atomic E-state index is 0.0556. The molecule has 0 radical (unpaired) electrons. The van der Waals surface area contributed by atoms with Crippen LogP contribution >= 0.6 is 0 Å². The molecule has 3 N–H and O–H groups in total. The Bertz CT molecular complexity index is 2110. The van der Waals surface area contributed by atoms with E-state index in [1.165, 1.54) is 50.5 Å². The molecule has 224 valence electrons. The predicted molar refractivity (Wildman–Crippen MR) is 169 cm³/mol. The number of sulfonamides is 1. The van der Waals surface area contributed by atoms with Crippen molar-refractivity contribution < 1.29 is 22.0 Å². The number of nitrogens with two attached hydrogens (primary N) is 1. The van der Waals surface area contributed by atoms with Crippen molar-refractivity contribution in [3.8, 4) is 22.6 Å². The normalized spacial score (nSPS) is 13.0. The topological polar surface area (TPSA) is 123 Å². The molecule has 3 aromatic carbocycles. The molecule has 0 fully saturated rings. The van der Waals surface area contributed by atoms with Gasteiger partial charge in [-0.05, 0) is 72.6 Å². The number of aromatic nitrogens is 2. The molecular formula is C32H28F2N6O3S. The molecule has 0 saturated heterocycles. The highest BCUT2D eigenvalue weighted by molar-refractivity contribution is 7.92. The lowest BCUT2D eigenvalue weighted by atomic mass is 9.97. The number of nitrogen functional groups attached to an aromatic ring is 1. The van der Waals surface area contributed by atoms with Gasteiger partial charge in [-0.1, -0.05) is 12.1 Å². The summed E-state index contributed by atoms with van der Waals surface area (Å²) in [6, 6.07) is 18.8. The highest BCUT2D eigenvalue weighted by Gasteiger charge is 2.26. The van der Waals surface area contributed by atoms with Gasteiger partial charge in [-0.2, -0.15) is 0 Å². The van der Waals surface area contributed by atoms with Crippen LogP contribution in [0.25, 0.3) is 33.5 Å². The molecule has 9 nitrogen and oxygen atoms in total. The molecule has 44 heavy (non-hydrogen) atoms. The maximum Gasteiger partial charge on any atom is 0.270 e. The number of carbonyl (C=O) groups excluding carboxylic acids is 1. The van der Waals surface area contributed by atoms with Crippen molar-refractivity contribution in [3.63, 3.8) is 0 Å². The fraction of sp³-hybridized carbons (Fsp3) is 0.156. The maximum absolute atomic E-state index is 14.7. The van der Waals surface area contributed by atoms with Gasteiger partial charge in [0.2, 0.25) is 10.0 Å². The third-order valence-electron chi connectivity index (χ3n) is 7.76. The Morgan fingerprint density at radius 1 is 1.07 bits per heavy atom. The summed E-state index contributed by atoms with van der Waals surface area (Å²) in [4.78, 5) is 22.5. The first kappa shape index (κ1) is 29.0. The number of nitrogens with zero attached hydrogens (tertiary/aromatic N) is 4. The smallest absolute Gasteiger partial charge is 0.270 e. The number of aryl methyl sites for hydroxylation is 2. The van der Waals surface area contributed by atoms with Gasteiger partial charge < -0.3 is 15.6 Å².